The summed E-state index contributed by atoms with van der Waals surface area (Å²) in [5, 5.41) is 2.73. The maximum absolute atomic E-state index is 11.7. The van der Waals surface area contributed by atoms with Crippen LogP contribution in [0.1, 0.15) is 31.7 Å². The van der Waals surface area contributed by atoms with Gasteiger partial charge in [-0.25, -0.2) is 0 Å². The number of benzene rings is 1. The van der Waals surface area contributed by atoms with E-state index in [1.165, 1.54) is 0 Å². The van der Waals surface area contributed by atoms with Crippen molar-refractivity contribution in [3.05, 3.63) is 45.6 Å². The molecule has 94 valence electrons. The largest absolute Gasteiger partial charge is 0.330 e. The number of rotatable bonds is 2. The van der Waals surface area contributed by atoms with E-state index in [1.54, 1.807) is 13.8 Å². The van der Waals surface area contributed by atoms with E-state index in [4.69, 9.17) is 0 Å². The average molecular weight is 308 g/mol. The first kappa shape index (κ1) is 13.0. The van der Waals surface area contributed by atoms with Crippen molar-refractivity contribution in [1.82, 2.24) is 5.32 Å². The lowest BCUT2D eigenvalue weighted by atomic mass is 9.83. The maximum atomic E-state index is 11.7. The van der Waals surface area contributed by atoms with Crippen molar-refractivity contribution in [2.24, 2.45) is 0 Å². The second kappa shape index (κ2) is 5.06. The zero-order valence-electron chi connectivity index (χ0n) is 10.3. The fraction of sp³-hybridized carbons (Fsp3) is 0.286. The minimum atomic E-state index is -0.135. The van der Waals surface area contributed by atoms with Gasteiger partial charge in [-0.1, -0.05) is 28.1 Å². The number of ketones is 1. The highest BCUT2D eigenvalue weighted by Gasteiger charge is 2.29. The second-order valence-corrected chi connectivity index (χ2v) is 5.37. The predicted molar refractivity (Wildman–Crippen MR) is 73.0 cm³/mol. The van der Waals surface area contributed by atoms with Gasteiger partial charge in [-0.3, -0.25) is 9.59 Å². The van der Waals surface area contributed by atoms with Crippen LogP contribution < -0.4 is 5.32 Å². The van der Waals surface area contributed by atoms with Gasteiger partial charge in [0.15, 0.2) is 5.78 Å². The van der Waals surface area contributed by atoms with E-state index in [-0.39, 0.29) is 17.6 Å². The van der Waals surface area contributed by atoms with Gasteiger partial charge in [-0.2, -0.15) is 0 Å². The highest BCUT2D eigenvalue weighted by Crippen LogP contribution is 2.33. The Morgan fingerprint density at radius 1 is 1.33 bits per heavy atom. The molecule has 0 spiro atoms. The zero-order valence-corrected chi connectivity index (χ0v) is 11.9. The molecule has 1 aliphatic heterocycles. The molecule has 3 nitrogen and oxygen atoms in total. The molecule has 18 heavy (non-hydrogen) atoms. The number of amides is 1. The molecule has 1 aromatic rings. The van der Waals surface area contributed by atoms with Gasteiger partial charge < -0.3 is 5.32 Å². The Labute approximate surface area is 114 Å². The van der Waals surface area contributed by atoms with Crippen LogP contribution in [0.15, 0.2) is 40.0 Å². The SMILES string of the molecule is CC(=O)C1=C(C)NC(=O)C[C@H]1c1ccc(Br)cc1. The highest BCUT2D eigenvalue weighted by atomic mass is 79.9. The fourth-order valence-electron chi connectivity index (χ4n) is 2.37. The van der Waals surface area contributed by atoms with Crippen molar-refractivity contribution in [2.45, 2.75) is 26.2 Å². The van der Waals surface area contributed by atoms with E-state index in [0.717, 1.165) is 10.0 Å². The van der Waals surface area contributed by atoms with Gasteiger partial charge in [0.25, 0.3) is 0 Å². The maximum Gasteiger partial charge on any atom is 0.225 e. The Balaban J connectivity index is 2.46. The lowest BCUT2D eigenvalue weighted by Crippen LogP contribution is -2.33. The van der Waals surface area contributed by atoms with E-state index < -0.39 is 0 Å². The molecule has 1 aromatic carbocycles. The molecule has 2 rings (SSSR count). The Hall–Kier alpha value is -1.42. The first-order valence-electron chi connectivity index (χ1n) is 5.76. The highest BCUT2D eigenvalue weighted by molar-refractivity contribution is 9.10. The minimum absolute atomic E-state index is 0.0143. The summed E-state index contributed by atoms with van der Waals surface area (Å²) in [6.45, 7) is 3.32. The summed E-state index contributed by atoms with van der Waals surface area (Å²) in [5.74, 6) is -0.157. The number of hydrogen-bond donors (Lipinski definition) is 1. The molecule has 0 saturated carbocycles. The average Bonchev–Trinajstić information content (AvgIpc) is 2.28. The van der Waals surface area contributed by atoms with Crippen LogP contribution in [0.2, 0.25) is 0 Å². The second-order valence-electron chi connectivity index (χ2n) is 4.45. The van der Waals surface area contributed by atoms with Crippen molar-refractivity contribution >= 4 is 27.6 Å². The van der Waals surface area contributed by atoms with Crippen molar-refractivity contribution in [3.63, 3.8) is 0 Å². The summed E-state index contributed by atoms with van der Waals surface area (Å²) in [5.41, 5.74) is 2.38. The van der Waals surface area contributed by atoms with Crippen LogP contribution in [0.4, 0.5) is 0 Å². The molecule has 1 heterocycles. The normalized spacial score (nSPS) is 19.7. The van der Waals surface area contributed by atoms with Gasteiger partial charge in [0.05, 0.1) is 0 Å². The number of halogens is 1. The lowest BCUT2D eigenvalue weighted by molar-refractivity contribution is -0.121. The molecule has 4 heteroatoms. The number of allylic oxidation sites excluding steroid dienone is 2. The number of hydrogen-bond acceptors (Lipinski definition) is 2. The smallest absolute Gasteiger partial charge is 0.225 e. The van der Waals surface area contributed by atoms with Gasteiger partial charge >= 0.3 is 0 Å². The van der Waals surface area contributed by atoms with E-state index in [1.807, 2.05) is 24.3 Å². The molecule has 1 amide bonds. The topological polar surface area (TPSA) is 46.2 Å². The molecular formula is C14H14BrNO2. The Morgan fingerprint density at radius 2 is 1.94 bits per heavy atom. The van der Waals surface area contributed by atoms with Crippen LogP contribution in [-0.2, 0) is 9.59 Å². The molecule has 0 fully saturated rings. The van der Waals surface area contributed by atoms with Gasteiger partial charge in [0.1, 0.15) is 0 Å². The summed E-state index contributed by atoms with van der Waals surface area (Å²) in [6, 6.07) is 7.75. The molecule has 0 bridgehead atoms. The Morgan fingerprint density at radius 3 is 2.50 bits per heavy atom. The third-order valence-electron chi connectivity index (χ3n) is 3.12. The monoisotopic (exact) mass is 307 g/mol. The zero-order chi connectivity index (χ0) is 13.3. The van der Waals surface area contributed by atoms with Crippen molar-refractivity contribution in [1.29, 1.82) is 0 Å². The van der Waals surface area contributed by atoms with Crippen molar-refractivity contribution in [3.8, 4) is 0 Å². The standard InChI is InChI=1S/C14H14BrNO2/c1-8-14(9(2)17)12(7-13(18)16-8)10-3-5-11(15)6-4-10/h3-6,12H,7H2,1-2H3,(H,16,18)/t12-/m0/s1. The number of nitrogens with one attached hydrogen (secondary N) is 1. The third kappa shape index (κ3) is 2.53. The molecule has 1 aliphatic rings. The summed E-state index contributed by atoms with van der Waals surface area (Å²) < 4.78 is 0.983. The van der Waals surface area contributed by atoms with Crippen LogP contribution in [-0.4, -0.2) is 11.7 Å². The fourth-order valence-corrected chi connectivity index (χ4v) is 2.63. The summed E-state index contributed by atoms with van der Waals surface area (Å²) in [7, 11) is 0. The summed E-state index contributed by atoms with van der Waals surface area (Å²) in [4.78, 5) is 23.4. The Bertz CT molecular complexity index is 531. The van der Waals surface area contributed by atoms with E-state index in [0.29, 0.717) is 17.7 Å². The molecule has 0 aromatic heterocycles. The molecule has 0 radical (unpaired) electrons. The van der Waals surface area contributed by atoms with Gasteiger partial charge in [-0.15, -0.1) is 0 Å². The Kier molecular flexibility index (Phi) is 3.66. The summed E-state index contributed by atoms with van der Waals surface area (Å²) in [6.07, 6.45) is 0.327. The quantitative estimate of drug-likeness (QED) is 0.913. The van der Waals surface area contributed by atoms with Crippen molar-refractivity contribution < 1.29 is 9.59 Å². The molecule has 0 aliphatic carbocycles. The number of carbonyl (C=O) groups is 2. The minimum Gasteiger partial charge on any atom is -0.330 e. The first-order valence-corrected chi connectivity index (χ1v) is 6.55. The number of carbonyl (C=O) groups excluding carboxylic acids is 2. The van der Waals surface area contributed by atoms with Crippen LogP contribution in [0.3, 0.4) is 0 Å². The summed E-state index contributed by atoms with van der Waals surface area (Å²) >= 11 is 3.38. The molecular weight excluding hydrogens is 294 g/mol. The van der Waals surface area contributed by atoms with E-state index in [2.05, 4.69) is 21.2 Å². The van der Waals surface area contributed by atoms with Crippen molar-refractivity contribution in [2.75, 3.05) is 0 Å². The lowest BCUT2D eigenvalue weighted by Gasteiger charge is -2.26. The molecule has 0 unspecified atom stereocenters. The number of Topliss-reactive ketones (excluding diaryl/α,β-unsaturated/α-hetero) is 1. The third-order valence-corrected chi connectivity index (χ3v) is 3.65. The van der Waals surface area contributed by atoms with Gasteiger partial charge in [0.2, 0.25) is 5.91 Å². The van der Waals surface area contributed by atoms with Crippen LogP contribution in [0, 0.1) is 0 Å². The van der Waals surface area contributed by atoms with Gasteiger partial charge in [-0.05, 0) is 31.5 Å². The van der Waals surface area contributed by atoms with Crippen LogP contribution in [0.5, 0.6) is 0 Å². The molecule has 1 N–H and O–H groups in total. The van der Waals surface area contributed by atoms with E-state index in [9.17, 15) is 9.59 Å². The van der Waals surface area contributed by atoms with Crippen LogP contribution >= 0.6 is 15.9 Å². The first-order chi connectivity index (χ1) is 8.49. The van der Waals surface area contributed by atoms with E-state index >= 15 is 0 Å². The van der Waals surface area contributed by atoms with Gasteiger partial charge in [0, 0.05) is 28.1 Å². The van der Waals surface area contributed by atoms with Crippen LogP contribution in [0.25, 0.3) is 0 Å². The predicted octanol–water partition coefficient (Wildman–Crippen LogP) is 2.92. The molecule has 0 saturated heterocycles. The molecule has 1 atom stereocenters.